The maximum absolute atomic E-state index is 5.97. The van der Waals surface area contributed by atoms with Crippen molar-refractivity contribution in [2.45, 2.75) is 32.4 Å². The average Bonchev–Trinajstić information content (AvgIpc) is 2.26. The molecule has 0 bridgehead atoms. The summed E-state index contributed by atoms with van der Waals surface area (Å²) in [6.07, 6.45) is 2.58. The van der Waals surface area contributed by atoms with E-state index in [2.05, 4.69) is 11.9 Å². The van der Waals surface area contributed by atoms with Crippen LogP contribution in [0.3, 0.4) is 0 Å². The molecule has 2 atom stereocenters. The van der Waals surface area contributed by atoms with Crippen molar-refractivity contribution in [1.29, 1.82) is 0 Å². The monoisotopic (exact) mass is 230 g/mol. The molecule has 0 saturated carbocycles. The minimum atomic E-state index is -0.0776. The fraction of sp³-hybridized carbons (Fsp3) is 0.545. The van der Waals surface area contributed by atoms with E-state index < -0.39 is 0 Å². The molecule has 1 heterocycles. The Balaban J connectivity index is 0.00000196. The molecule has 0 aliphatic heterocycles. The van der Waals surface area contributed by atoms with Crippen LogP contribution in [0.2, 0.25) is 0 Å². The largest absolute Gasteiger partial charge is 0.371 e. The van der Waals surface area contributed by atoms with Crippen molar-refractivity contribution in [3.63, 3.8) is 0 Å². The fourth-order valence-corrected chi connectivity index (χ4v) is 1.37. The summed E-state index contributed by atoms with van der Waals surface area (Å²) in [6.45, 7) is 4.69. The first-order chi connectivity index (χ1) is 6.79. The van der Waals surface area contributed by atoms with Gasteiger partial charge in [0.05, 0.1) is 5.69 Å². The van der Waals surface area contributed by atoms with E-state index in [1.54, 1.807) is 6.20 Å². The molecular formula is C11H19ClN2O. The summed E-state index contributed by atoms with van der Waals surface area (Å²) in [5.74, 6) is 0. The smallest absolute Gasteiger partial charge is 0.114 e. The van der Waals surface area contributed by atoms with E-state index in [0.717, 1.165) is 12.1 Å². The summed E-state index contributed by atoms with van der Waals surface area (Å²) in [6, 6.07) is 5.82. The molecule has 3 nitrogen and oxygen atoms in total. The molecule has 1 aromatic heterocycles. The van der Waals surface area contributed by atoms with Crippen LogP contribution in [0.5, 0.6) is 0 Å². The van der Waals surface area contributed by atoms with Crippen molar-refractivity contribution in [2.24, 2.45) is 5.73 Å². The molecule has 15 heavy (non-hydrogen) atoms. The second-order valence-corrected chi connectivity index (χ2v) is 3.20. The molecule has 1 unspecified atom stereocenters. The van der Waals surface area contributed by atoms with Gasteiger partial charge in [0.1, 0.15) is 6.10 Å². The van der Waals surface area contributed by atoms with Gasteiger partial charge in [0.2, 0.25) is 0 Å². The molecule has 0 spiro atoms. The van der Waals surface area contributed by atoms with Gasteiger partial charge in [0.25, 0.3) is 0 Å². The summed E-state index contributed by atoms with van der Waals surface area (Å²) in [5, 5.41) is 0. The normalized spacial score (nSPS) is 14.1. The highest BCUT2D eigenvalue weighted by atomic mass is 35.5. The van der Waals surface area contributed by atoms with Crippen LogP contribution < -0.4 is 5.73 Å². The number of rotatable bonds is 5. The van der Waals surface area contributed by atoms with Gasteiger partial charge in [-0.3, -0.25) is 4.98 Å². The number of aromatic nitrogens is 1. The Morgan fingerprint density at radius 1 is 1.40 bits per heavy atom. The topological polar surface area (TPSA) is 48.1 Å². The quantitative estimate of drug-likeness (QED) is 0.845. The van der Waals surface area contributed by atoms with E-state index in [0.29, 0.717) is 6.61 Å². The van der Waals surface area contributed by atoms with Crippen molar-refractivity contribution in [3.05, 3.63) is 30.1 Å². The number of nitrogens with zero attached hydrogens (tertiary/aromatic N) is 1. The highest BCUT2D eigenvalue weighted by Gasteiger charge is 2.19. The van der Waals surface area contributed by atoms with Gasteiger partial charge >= 0.3 is 0 Å². The molecule has 0 aliphatic rings. The van der Waals surface area contributed by atoms with Gasteiger partial charge in [-0.05, 0) is 25.5 Å². The molecule has 1 rings (SSSR count). The molecule has 4 heteroatoms. The van der Waals surface area contributed by atoms with Crippen LogP contribution in [0.25, 0.3) is 0 Å². The van der Waals surface area contributed by atoms with Crippen molar-refractivity contribution < 1.29 is 4.74 Å². The van der Waals surface area contributed by atoms with Crippen molar-refractivity contribution >= 4 is 12.4 Å². The van der Waals surface area contributed by atoms with Crippen molar-refractivity contribution in [2.75, 3.05) is 6.61 Å². The highest BCUT2D eigenvalue weighted by Crippen LogP contribution is 2.19. The lowest BCUT2D eigenvalue weighted by atomic mass is 10.1. The lowest BCUT2D eigenvalue weighted by Crippen LogP contribution is -2.30. The minimum absolute atomic E-state index is 0. The van der Waals surface area contributed by atoms with Crippen LogP contribution in [0.15, 0.2) is 24.4 Å². The SMILES string of the molecule is CCOC(c1ccccn1)[C@@H](N)CC.Cl. The predicted molar refractivity (Wildman–Crippen MR) is 64.1 cm³/mol. The second-order valence-electron chi connectivity index (χ2n) is 3.20. The Morgan fingerprint density at radius 3 is 2.60 bits per heavy atom. The number of halogens is 1. The lowest BCUT2D eigenvalue weighted by Gasteiger charge is -2.21. The predicted octanol–water partition coefficient (Wildman–Crippen LogP) is 2.32. The van der Waals surface area contributed by atoms with Gasteiger partial charge < -0.3 is 10.5 Å². The number of pyridine rings is 1. The number of hydrogen-bond acceptors (Lipinski definition) is 3. The van der Waals surface area contributed by atoms with E-state index in [9.17, 15) is 0 Å². The first-order valence-electron chi connectivity index (χ1n) is 5.07. The third-order valence-corrected chi connectivity index (χ3v) is 2.19. The first-order valence-corrected chi connectivity index (χ1v) is 5.07. The van der Waals surface area contributed by atoms with E-state index in [-0.39, 0.29) is 24.6 Å². The van der Waals surface area contributed by atoms with E-state index in [1.807, 2.05) is 25.1 Å². The van der Waals surface area contributed by atoms with Gasteiger partial charge in [-0.25, -0.2) is 0 Å². The van der Waals surface area contributed by atoms with Crippen molar-refractivity contribution in [3.8, 4) is 0 Å². The van der Waals surface area contributed by atoms with Crippen LogP contribution in [0.4, 0.5) is 0 Å². The Hall–Kier alpha value is -0.640. The maximum atomic E-state index is 5.97. The molecule has 0 saturated heterocycles. The zero-order valence-electron chi connectivity index (χ0n) is 9.22. The van der Waals surface area contributed by atoms with Crippen LogP contribution >= 0.6 is 12.4 Å². The maximum Gasteiger partial charge on any atom is 0.114 e. The summed E-state index contributed by atoms with van der Waals surface area (Å²) in [7, 11) is 0. The van der Waals surface area contributed by atoms with Gasteiger partial charge in [0, 0.05) is 18.8 Å². The van der Waals surface area contributed by atoms with Crippen molar-refractivity contribution in [1.82, 2.24) is 4.98 Å². The van der Waals surface area contributed by atoms with Gasteiger partial charge in [-0.2, -0.15) is 0 Å². The number of ether oxygens (including phenoxy) is 1. The molecule has 0 amide bonds. The Morgan fingerprint density at radius 2 is 2.13 bits per heavy atom. The highest BCUT2D eigenvalue weighted by molar-refractivity contribution is 5.85. The van der Waals surface area contributed by atoms with Crippen LogP contribution in [0, 0.1) is 0 Å². The van der Waals surface area contributed by atoms with Gasteiger partial charge in [-0.1, -0.05) is 13.0 Å². The molecule has 0 fully saturated rings. The zero-order valence-corrected chi connectivity index (χ0v) is 10.0. The fourth-order valence-electron chi connectivity index (χ4n) is 1.37. The van der Waals surface area contributed by atoms with Gasteiger partial charge in [-0.15, -0.1) is 12.4 Å². The van der Waals surface area contributed by atoms with Crippen LogP contribution in [-0.2, 0) is 4.74 Å². The molecule has 0 aliphatic carbocycles. The van der Waals surface area contributed by atoms with E-state index in [4.69, 9.17) is 10.5 Å². The lowest BCUT2D eigenvalue weighted by molar-refractivity contribution is 0.0394. The van der Waals surface area contributed by atoms with Gasteiger partial charge in [0.15, 0.2) is 0 Å². The standard InChI is InChI=1S/C11H18N2O.ClH/c1-3-9(12)11(14-4-2)10-7-5-6-8-13-10;/h5-9,11H,3-4,12H2,1-2H3;1H/t9-,11?;/m0./s1. The van der Waals surface area contributed by atoms with E-state index >= 15 is 0 Å². The van der Waals surface area contributed by atoms with Crippen LogP contribution in [0.1, 0.15) is 32.1 Å². The summed E-state index contributed by atoms with van der Waals surface area (Å²) in [4.78, 5) is 4.26. The second kappa shape index (κ2) is 7.63. The molecule has 0 aromatic carbocycles. The Kier molecular flexibility index (Phi) is 7.30. The van der Waals surface area contributed by atoms with Crippen LogP contribution in [-0.4, -0.2) is 17.6 Å². The summed E-state index contributed by atoms with van der Waals surface area (Å²) >= 11 is 0. The minimum Gasteiger partial charge on any atom is -0.371 e. The molecule has 86 valence electrons. The zero-order chi connectivity index (χ0) is 10.4. The first kappa shape index (κ1) is 14.4. The Bertz CT molecular complexity index is 256. The third kappa shape index (κ3) is 4.16. The summed E-state index contributed by atoms with van der Waals surface area (Å²) in [5.41, 5.74) is 6.89. The molecule has 2 N–H and O–H groups in total. The average molecular weight is 231 g/mol. The molecular weight excluding hydrogens is 212 g/mol. The van der Waals surface area contributed by atoms with E-state index in [1.165, 1.54) is 0 Å². The summed E-state index contributed by atoms with van der Waals surface area (Å²) < 4.78 is 5.59. The Labute approximate surface area is 97.4 Å². The molecule has 1 aromatic rings. The number of hydrogen-bond donors (Lipinski definition) is 1. The number of nitrogens with two attached hydrogens (primary N) is 1. The molecule has 0 radical (unpaired) electrons. The third-order valence-electron chi connectivity index (χ3n) is 2.19.